The number of fused-ring (bicyclic) bond motifs is 1. The van der Waals surface area contributed by atoms with E-state index < -0.39 is 18.2 Å². The highest BCUT2D eigenvalue weighted by Gasteiger charge is 2.47. The Morgan fingerprint density at radius 2 is 1.65 bits per heavy atom. The summed E-state index contributed by atoms with van der Waals surface area (Å²) in [5, 5.41) is 33.8. The van der Waals surface area contributed by atoms with Crippen molar-refractivity contribution in [2.45, 2.75) is 94.9 Å². The Morgan fingerprint density at radius 3 is 2.32 bits per heavy atom. The molecule has 1 fully saturated rings. The van der Waals surface area contributed by atoms with Gasteiger partial charge < -0.3 is 20.6 Å². The van der Waals surface area contributed by atoms with Crippen molar-refractivity contribution in [2.75, 3.05) is 19.7 Å². The van der Waals surface area contributed by atoms with Crippen LogP contribution in [0.15, 0.2) is 24.3 Å². The Labute approximate surface area is 186 Å². The Kier molecular flexibility index (Phi) is 9.32. The first-order chi connectivity index (χ1) is 15.1. The molecule has 1 saturated heterocycles. The van der Waals surface area contributed by atoms with Crippen LogP contribution < -0.4 is 5.32 Å². The quantitative estimate of drug-likeness (QED) is 0.359. The molecule has 0 saturated carbocycles. The first-order valence-electron chi connectivity index (χ1n) is 12.2. The van der Waals surface area contributed by atoms with E-state index in [0.29, 0.717) is 6.54 Å². The van der Waals surface area contributed by atoms with E-state index in [4.69, 9.17) is 0 Å². The number of carbonyl (C=O) groups excluding carboxylic acids is 1. The summed E-state index contributed by atoms with van der Waals surface area (Å²) in [7, 11) is 0. The lowest BCUT2D eigenvalue weighted by atomic mass is 9.77. The van der Waals surface area contributed by atoms with Gasteiger partial charge in [0.15, 0.2) is 0 Å². The molecule has 5 atom stereocenters. The van der Waals surface area contributed by atoms with E-state index in [1.54, 1.807) is 0 Å². The van der Waals surface area contributed by atoms with Crippen LogP contribution >= 0.6 is 0 Å². The molecular weight excluding hydrogens is 392 g/mol. The number of amides is 1. The van der Waals surface area contributed by atoms with Crippen LogP contribution in [-0.4, -0.2) is 70.1 Å². The largest absolute Gasteiger partial charge is 0.395 e. The SMILES string of the molecule is CCCCCCCCCCN1[C@H](CO)[C@@H](O)[C@H](O)[C@H]1CNC(=O)C1Cc2ccccc21. The minimum absolute atomic E-state index is 0.0279. The average Bonchev–Trinajstić information content (AvgIpc) is 2.98. The minimum atomic E-state index is -0.995. The van der Waals surface area contributed by atoms with Gasteiger partial charge in [0.05, 0.1) is 36.8 Å². The summed E-state index contributed by atoms with van der Waals surface area (Å²) >= 11 is 0. The maximum atomic E-state index is 12.7. The third-order valence-electron chi connectivity index (χ3n) is 7.10. The van der Waals surface area contributed by atoms with Crippen molar-refractivity contribution in [1.29, 1.82) is 0 Å². The normalized spacial score (nSPS) is 27.7. The van der Waals surface area contributed by atoms with Gasteiger partial charge in [0.1, 0.15) is 0 Å². The smallest absolute Gasteiger partial charge is 0.227 e. The van der Waals surface area contributed by atoms with Crippen LogP contribution in [0.1, 0.15) is 75.3 Å². The van der Waals surface area contributed by atoms with Crippen molar-refractivity contribution >= 4 is 5.91 Å². The number of hydrogen-bond donors (Lipinski definition) is 4. The molecule has 3 rings (SSSR count). The molecule has 2 aliphatic rings. The molecule has 0 radical (unpaired) electrons. The topological polar surface area (TPSA) is 93.0 Å². The number of unbranched alkanes of at least 4 members (excludes halogenated alkanes) is 7. The van der Waals surface area contributed by atoms with Crippen LogP contribution in [0.4, 0.5) is 0 Å². The Morgan fingerprint density at radius 1 is 1.00 bits per heavy atom. The van der Waals surface area contributed by atoms with Crippen molar-refractivity contribution in [2.24, 2.45) is 0 Å². The Balaban J connectivity index is 1.47. The summed E-state index contributed by atoms with van der Waals surface area (Å²) in [6.45, 7) is 3.01. The van der Waals surface area contributed by atoms with E-state index in [9.17, 15) is 20.1 Å². The molecule has 1 unspecified atom stereocenters. The van der Waals surface area contributed by atoms with Gasteiger partial charge in [0, 0.05) is 6.54 Å². The van der Waals surface area contributed by atoms with E-state index in [1.807, 2.05) is 29.2 Å². The molecule has 4 N–H and O–H groups in total. The predicted octanol–water partition coefficient (Wildman–Crippen LogP) is 2.35. The van der Waals surface area contributed by atoms with Crippen LogP contribution in [0.25, 0.3) is 0 Å². The van der Waals surface area contributed by atoms with E-state index >= 15 is 0 Å². The molecule has 1 aromatic rings. The van der Waals surface area contributed by atoms with Gasteiger partial charge in [-0.25, -0.2) is 0 Å². The number of hydrogen-bond acceptors (Lipinski definition) is 5. The molecule has 31 heavy (non-hydrogen) atoms. The standard InChI is InChI=1S/C25H40N2O4/c1-2-3-4-5-6-7-8-11-14-27-21(23(29)24(30)22(27)17-28)16-26-25(31)20-15-18-12-9-10-13-19(18)20/h9-10,12-13,20-24,28-30H,2-8,11,14-17H2,1H3,(H,26,31)/t20?,21-,22-,23-,24-/m1/s1. The number of carbonyl (C=O) groups is 1. The first kappa shape index (κ1) is 24.2. The van der Waals surface area contributed by atoms with E-state index in [0.717, 1.165) is 24.8 Å². The number of aliphatic hydroxyl groups excluding tert-OH is 3. The molecule has 0 aromatic heterocycles. The average molecular weight is 433 g/mol. The molecule has 6 nitrogen and oxygen atoms in total. The predicted molar refractivity (Wildman–Crippen MR) is 122 cm³/mol. The third kappa shape index (κ3) is 5.86. The van der Waals surface area contributed by atoms with Gasteiger partial charge in [-0.2, -0.15) is 0 Å². The van der Waals surface area contributed by atoms with Crippen LogP contribution in [0.5, 0.6) is 0 Å². The second-order valence-electron chi connectivity index (χ2n) is 9.21. The summed E-state index contributed by atoms with van der Waals surface area (Å²) in [6.07, 6.45) is 8.44. The van der Waals surface area contributed by atoms with E-state index in [-0.39, 0.29) is 31.0 Å². The van der Waals surface area contributed by atoms with Crippen molar-refractivity contribution < 1.29 is 20.1 Å². The number of rotatable bonds is 13. The lowest BCUT2D eigenvalue weighted by molar-refractivity contribution is -0.123. The van der Waals surface area contributed by atoms with Crippen LogP contribution in [0.3, 0.4) is 0 Å². The molecule has 0 bridgehead atoms. The van der Waals surface area contributed by atoms with Gasteiger partial charge in [-0.3, -0.25) is 9.69 Å². The van der Waals surface area contributed by atoms with Gasteiger partial charge >= 0.3 is 0 Å². The number of nitrogens with zero attached hydrogens (tertiary/aromatic N) is 1. The molecule has 0 spiro atoms. The van der Waals surface area contributed by atoms with Gasteiger partial charge in [-0.15, -0.1) is 0 Å². The zero-order valence-corrected chi connectivity index (χ0v) is 18.9. The van der Waals surface area contributed by atoms with E-state index in [1.165, 1.54) is 44.1 Å². The second-order valence-corrected chi connectivity index (χ2v) is 9.21. The molecule has 1 aliphatic carbocycles. The monoisotopic (exact) mass is 432 g/mol. The summed E-state index contributed by atoms with van der Waals surface area (Å²) in [6, 6.07) is 7.12. The number of nitrogens with one attached hydrogen (secondary N) is 1. The molecule has 1 aliphatic heterocycles. The first-order valence-corrected chi connectivity index (χ1v) is 12.2. The van der Waals surface area contributed by atoms with Crippen LogP contribution in [-0.2, 0) is 11.2 Å². The highest BCUT2D eigenvalue weighted by molar-refractivity contribution is 5.86. The second kappa shape index (κ2) is 12.0. The van der Waals surface area contributed by atoms with Crippen molar-refractivity contribution in [3.05, 3.63) is 35.4 Å². The molecule has 1 amide bonds. The van der Waals surface area contributed by atoms with Gasteiger partial charge in [-0.1, -0.05) is 76.1 Å². The number of aliphatic hydroxyl groups is 3. The molecular formula is C25H40N2O4. The fourth-order valence-corrected chi connectivity index (χ4v) is 5.13. The Bertz CT molecular complexity index is 698. The fourth-order valence-electron chi connectivity index (χ4n) is 5.13. The number of likely N-dealkylation sites (tertiary alicyclic amines) is 1. The lowest BCUT2D eigenvalue weighted by Crippen LogP contribution is -2.49. The van der Waals surface area contributed by atoms with Crippen molar-refractivity contribution in [1.82, 2.24) is 10.2 Å². The van der Waals surface area contributed by atoms with E-state index in [2.05, 4.69) is 12.2 Å². The highest BCUT2D eigenvalue weighted by Crippen LogP contribution is 2.35. The number of benzene rings is 1. The summed E-state index contributed by atoms with van der Waals surface area (Å²) < 4.78 is 0. The maximum absolute atomic E-state index is 12.7. The highest BCUT2D eigenvalue weighted by atomic mass is 16.3. The van der Waals surface area contributed by atoms with Crippen LogP contribution in [0.2, 0.25) is 0 Å². The molecule has 1 aromatic carbocycles. The minimum Gasteiger partial charge on any atom is -0.395 e. The summed E-state index contributed by atoms with van der Waals surface area (Å²) in [4.78, 5) is 14.7. The molecule has 1 heterocycles. The van der Waals surface area contributed by atoms with Crippen molar-refractivity contribution in [3.63, 3.8) is 0 Å². The third-order valence-corrected chi connectivity index (χ3v) is 7.10. The van der Waals surface area contributed by atoms with Crippen molar-refractivity contribution in [3.8, 4) is 0 Å². The lowest BCUT2D eigenvalue weighted by Gasteiger charge is -2.32. The summed E-state index contributed by atoms with van der Waals surface area (Å²) in [5.41, 5.74) is 2.30. The maximum Gasteiger partial charge on any atom is 0.227 e. The van der Waals surface area contributed by atoms with Gasteiger partial charge in [-0.05, 0) is 30.5 Å². The fraction of sp³-hybridized carbons (Fsp3) is 0.720. The summed E-state index contributed by atoms with van der Waals surface area (Å²) in [5.74, 6) is -0.158. The zero-order valence-electron chi connectivity index (χ0n) is 18.9. The molecule has 6 heteroatoms. The van der Waals surface area contributed by atoms with Crippen LogP contribution in [0, 0.1) is 0 Å². The van der Waals surface area contributed by atoms with Gasteiger partial charge in [0.2, 0.25) is 5.91 Å². The van der Waals surface area contributed by atoms with Gasteiger partial charge in [0.25, 0.3) is 0 Å². The molecule has 174 valence electrons. The Hall–Kier alpha value is -1.47. The zero-order chi connectivity index (χ0) is 22.2.